The van der Waals surface area contributed by atoms with Crippen molar-refractivity contribution in [3.05, 3.63) is 47.1 Å². The maximum atomic E-state index is 13.4. The molecule has 22 heavy (non-hydrogen) atoms. The molecule has 11 heteroatoms. The molecule has 1 aromatic heterocycles. The van der Waals surface area contributed by atoms with E-state index in [9.17, 15) is 8.78 Å². The lowest BCUT2D eigenvalue weighted by Crippen LogP contribution is -1.98. The summed E-state index contributed by atoms with van der Waals surface area (Å²) >= 11 is 40.7. The lowest BCUT2D eigenvalue weighted by atomic mass is 10.3. The van der Waals surface area contributed by atoms with Crippen LogP contribution in [-0.4, -0.2) is 4.98 Å². The van der Waals surface area contributed by atoms with E-state index in [0.29, 0.717) is 0 Å². The molecule has 2 aromatic rings. The van der Waals surface area contributed by atoms with Gasteiger partial charge in [-0.1, -0.05) is 81.2 Å². The molecule has 2 rings (SSSR count). The van der Waals surface area contributed by atoms with Crippen molar-refractivity contribution in [3.8, 4) is 11.5 Å². The number of pyridine rings is 1. The van der Waals surface area contributed by atoms with Crippen molar-refractivity contribution >= 4 is 81.2 Å². The summed E-state index contributed by atoms with van der Waals surface area (Å²) in [4.78, 5) is 2.85. The first kappa shape index (κ1) is 18.4. The monoisotopic (exact) mass is 445 g/mol. The highest BCUT2D eigenvalue weighted by Gasteiger charge is 2.25. The summed E-state index contributed by atoms with van der Waals surface area (Å²) in [6.45, 7) is 0. The highest BCUT2D eigenvalue weighted by atomic mass is 35.5. The van der Waals surface area contributed by atoms with Gasteiger partial charge in [0.25, 0.3) is 0 Å². The van der Waals surface area contributed by atoms with Crippen LogP contribution >= 0.6 is 81.2 Å². The van der Waals surface area contributed by atoms with Crippen molar-refractivity contribution in [3.63, 3.8) is 0 Å². The number of hydrogen-bond acceptors (Lipinski definition) is 2. The molecule has 1 heterocycles. The molecule has 118 valence electrons. The van der Waals surface area contributed by atoms with E-state index in [2.05, 4.69) is 4.98 Å². The molecule has 0 saturated carbocycles. The van der Waals surface area contributed by atoms with Gasteiger partial charge in [0.2, 0.25) is 11.9 Å². The topological polar surface area (TPSA) is 22.1 Å². The van der Waals surface area contributed by atoms with Gasteiger partial charge in [-0.25, -0.2) is 0 Å². The minimum atomic E-state index is -1.34. The Morgan fingerprint density at radius 2 is 0.864 bits per heavy atom. The number of hydrogen-bond donors (Lipinski definition) is 0. The molecule has 0 amide bonds. The summed E-state index contributed by atoms with van der Waals surface area (Å²) in [6, 6.07) is 0. The molecule has 0 aliphatic rings. The minimum absolute atomic E-state index is 0.116. The van der Waals surface area contributed by atoms with E-state index in [4.69, 9.17) is 85.9 Å². The van der Waals surface area contributed by atoms with Crippen LogP contribution in [0.15, 0.2) is 0 Å². The quantitative estimate of drug-likeness (QED) is 0.267. The van der Waals surface area contributed by atoms with Crippen molar-refractivity contribution in [2.75, 3.05) is 0 Å². The Morgan fingerprint density at radius 1 is 0.545 bits per heavy atom. The van der Waals surface area contributed by atoms with Gasteiger partial charge in [0.15, 0.2) is 11.5 Å². The van der Waals surface area contributed by atoms with Gasteiger partial charge in [0.1, 0.15) is 20.1 Å². The first-order chi connectivity index (χ1) is 10.2. The van der Waals surface area contributed by atoms with Crippen LogP contribution in [0.4, 0.5) is 8.78 Å². The molecule has 0 spiro atoms. The highest BCUT2D eigenvalue weighted by Crippen LogP contribution is 2.51. The zero-order valence-electron chi connectivity index (χ0n) is 9.76. The number of aromatic nitrogens is 1. The second-order valence-electron chi connectivity index (χ2n) is 3.65. The number of ether oxygens (including phenoxy) is 1. The normalized spacial score (nSPS) is 11.0. The Bertz CT molecular complexity index is 729. The summed E-state index contributed by atoms with van der Waals surface area (Å²) in [5.41, 5.74) is 0. The SMILES string of the molecule is Fc1nc(F)c(Cl)c(Oc2c(Cl)c(Cl)c(Cl)c(Cl)c2Cl)c1Cl. The second kappa shape index (κ2) is 6.89. The Balaban J connectivity index is 2.68. The van der Waals surface area contributed by atoms with Crippen LogP contribution < -0.4 is 4.74 Å². The predicted molar refractivity (Wildman–Crippen MR) is 85.7 cm³/mol. The zero-order valence-corrected chi connectivity index (χ0v) is 15.0. The maximum Gasteiger partial charge on any atom is 0.238 e. The van der Waals surface area contributed by atoms with Gasteiger partial charge in [0.05, 0.1) is 15.1 Å². The fraction of sp³-hybridized carbons (Fsp3) is 0. The molecule has 0 bridgehead atoms. The van der Waals surface area contributed by atoms with Crippen molar-refractivity contribution in [1.29, 1.82) is 0 Å². The van der Waals surface area contributed by atoms with Gasteiger partial charge in [-0.05, 0) is 0 Å². The van der Waals surface area contributed by atoms with Crippen molar-refractivity contribution in [1.82, 2.24) is 4.98 Å². The fourth-order valence-electron chi connectivity index (χ4n) is 1.33. The molecule has 0 saturated heterocycles. The summed E-state index contributed by atoms with van der Waals surface area (Å²) in [5.74, 6) is -3.59. The van der Waals surface area contributed by atoms with Crippen LogP contribution in [0, 0.1) is 11.9 Å². The zero-order chi connectivity index (χ0) is 16.8. The van der Waals surface area contributed by atoms with Crippen LogP contribution in [-0.2, 0) is 0 Å². The Hall–Kier alpha value is 0.0600. The van der Waals surface area contributed by atoms with E-state index in [1.54, 1.807) is 0 Å². The summed E-state index contributed by atoms with van der Waals surface area (Å²) in [7, 11) is 0. The number of rotatable bonds is 2. The maximum absolute atomic E-state index is 13.4. The molecular weight excluding hydrogens is 448 g/mol. The second-order valence-corrected chi connectivity index (χ2v) is 6.30. The van der Waals surface area contributed by atoms with Crippen molar-refractivity contribution in [2.24, 2.45) is 0 Å². The van der Waals surface area contributed by atoms with Gasteiger partial charge in [0, 0.05) is 0 Å². The average molecular weight is 448 g/mol. The third-order valence-corrected chi connectivity index (χ3v) is 5.23. The van der Waals surface area contributed by atoms with E-state index in [0.717, 1.165) is 0 Å². The first-order valence-corrected chi connectivity index (χ1v) is 7.70. The summed E-state index contributed by atoms with van der Waals surface area (Å²) in [6.07, 6.45) is 0. The molecule has 0 atom stereocenters. The van der Waals surface area contributed by atoms with E-state index in [1.807, 2.05) is 0 Å². The van der Waals surface area contributed by atoms with Gasteiger partial charge in [-0.2, -0.15) is 13.8 Å². The molecule has 0 N–H and O–H groups in total. The Morgan fingerprint density at radius 3 is 1.27 bits per heavy atom. The average Bonchev–Trinajstić information content (AvgIpc) is 2.48. The van der Waals surface area contributed by atoms with E-state index in [-0.39, 0.29) is 30.9 Å². The molecule has 0 unspecified atom stereocenters. The lowest BCUT2D eigenvalue weighted by molar-refractivity contribution is 0.453. The highest BCUT2D eigenvalue weighted by molar-refractivity contribution is 6.55. The molecule has 1 aromatic carbocycles. The third-order valence-electron chi connectivity index (χ3n) is 2.33. The van der Waals surface area contributed by atoms with Crippen LogP contribution in [0.2, 0.25) is 35.2 Å². The number of halogens is 9. The molecule has 0 aliphatic carbocycles. The van der Waals surface area contributed by atoms with Crippen molar-refractivity contribution < 1.29 is 13.5 Å². The van der Waals surface area contributed by atoms with Crippen LogP contribution in [0.5, 0.6) is 11.5 Å². The number of benzene rings is 1. The Kier molecular flexibility index (Phi) is 5.77. The van der Waals surface area contributed by atoms with Gasteiger partial charge in [-0.15, -0.1) is 0 Å². The van der Waals surface area contributed by atoms with E-state index in [1.165, 1.54) is 0 Å². The largest absolute Gasteiger partial charge is 0.451 e. The summed E-state index contributed by atoms with van der Waals surface area (Å²) < 4.78 is 32.0. The minimum Gasteiger partial charge on any atom is -0.451 e. The first-order valence-electron chi connectivity index (χ1n) is 5.06. The molecule has 0 aliphatic heterocycles. The van der Waals surface area contributed by atoms with Crippen molar-refractivity contribution in [2.45, 2.75) is 0 Å². The fourth-order valence-corrected chi connectivity index (χ4v) is 2.93. The van der Waals surface area contributed by atoms with Gasteiger partial charge in [-0.3, -0.25) is 0 Å². The predicted octanol–water partition coefficient (Wildman–Crippen LogP) is 7.73. The molecule has 0 fully saturated rings. The standard InChI is InChI=1S/C11Cl7F2NO/c12-1-2(13)4(15)8(5(16)3(1)14)22-9-6(17)10(19)21-11(20)7(9)18. The van der Waals surface area contributed by atoms with Gasteiger partial charge < -0.3 is 4.74 Å². The Labute approximate surface area is 157 Å². The summed E-state index contributed by atoms with van der Waals surface area (Å²) in [5, 5.41) is -2.31. The lowest BCUT2D eigenvalue weighted by Gasteiger charge is -2.15. The number of nitrogens with zero attached hydrogens (tertiary/aromatic N) is 1. The smallest absolute Gasteiger partial charge is 0.238 e. The van der Waals surface area contributed by atoms with E-state index >= 15 is 0 Å². The molecule has 0 radical (unpaired) electrons. The third kappa shape index (κ3) is 3.16. The van der Waals surface area contributed by atoms with Crippen LogP contribution in [0.3, 0.4) is 0 Å². The van der Waals surface area contributed by atoms with Gasteiger partial charge >= 0.3 is 0 Å². The molecule has 2 nitrogen and oxygen atoms in total. The van der Waals surface area contributed by atoms with E-state index < -0.39 is 27.7 Å². The van der Waals surface area contributed by atoms with Crippen LogP contribution in [0.25, 0.3) is 0 Å². The molecular formula is C11Cl7F2NO. The van der Waals surface area contributed by atoms with Crippen LogP contribution in [0.1, 0.15) is 0 Å².